The third kappa shape index (κ3) is 4.64. The molecule has 0 unspecified atom stereocenters. The molecule has 2 N–H and O–H groups in total. The highest BCUT2D eigenvalue weighted by atomic mass is 16.5. The van der Waals surface area contributed by atoms with E-state index in [0.29, 0.717) is 5.92 Å². The molecule has 0 aliphatic heterocycles. The van der Waals surface area contributed by atoms with Gasteiger partial charge in [-0.1, -0.05) is 48.9 Å². The summed E-state index contributed by atoms with van der Waals surface area (Å²) in [4.78, 5) is 12.5. The van der Waals surface area contributed by atoms with Gasteiger partial charge in [-0.15, -0.1) is 0 Å². The minimum atomic E-state index is -0.422. The molecule has 0 heterocycles. The fourth-order valence-electron chi connectivity index (χ4n) is 3.09. The molecule has 1 aliphatic rings. The molecule has 138 valence electrons. The molecular weight excluding hydrogens is 326 g/mol. The van der Waals surface area contributed by atoms with Crippen LogP contribution in [0.5, 0.6) is 5.75 Å². The molecule has 4 nitrogen and oxygen atoms in total. The molecule has 26 heavy (non-hydrogen) atoms. The van der Waals surface area contributed by atoms with Crippen LogP contribution in [-0.2, 0) is 4.79 Å². The Morgan fingerprint density at radius 1 is 1.12 bits per heavy atom. The summed E-state index contributed by atoms with van der Waals surface area (Å²) >= 11 is 0. The average Bonchev–Trinajstić information content (AvgIpc) is 2.65. The molecular formula is C22H27NO3. The van der Waals surface area contributed by atoms with Crippen LogP contribution in [0.1, 0.15) is 49.3 Å². The van der Waals surface area contributed by atoms with Gasteiger partial charge in [-0.05, 0) is 48.9 Å². The summed E-state index contributed by atoms with van der Waals surface area (Å²) in [5.74, 6) is 1.16. The van der Waals surface area contributed by atoms with E-state index in [-0.39, 0.29) is 18.4 Å². The Morgan fingerprint density at radius 3 is 2.38 bits per heavy atom. The highest BCUT2D eigenvalue weighted by molar-refractivity contribution is 5.83. The van der Waals surface area contributed by atoms with Crippen molar-refractivity contribution < 1.29 is 14.6 Å². The van der Waals surface area contributed by atoms with Crippen LogP contribution in [0.4, 0.5) is 0 Å². The van der Waals surface area contributed by atoms with E-state index in [9.17, 15) is 9.90 Å². The summed E-state index contributed by atoms with van der Waals surface area (Å²) in [7, 11) is 0. The summed E-state index contributed by atoms with van der Waals surface area (Å²) < 4.78 is 5.81. The van der Waals surface area contributed by atoms with Crippen molar-refractivity contribution in [2.45, 2.75) is 38.1 Å². The van der Waals surface area contributed by atoms with Crippen LogP contribution in [0.2, 0.25) is 0 Å². The Hall–Kier alpha value is -2.33. The molecule has 0 bridgehead atoms. The van der Waals surface area contributed by atoms with Gasteiger partial charge in [0.2, 0.25) is 5.91 Å². The van der Waals surface area contributed by atoms with Crippen LogP contribution in [0, 0.1) is 5.92 Å². The van der Waals surface area contributed by atoms with Gasteiger partial charge >= 0.3 is 0 Å². The van der Waals surface area contributed by atoms with E-state index >= 15 is 0 Å². The number of rotatable bonds is 8. The second-order valence-electron chi connectivity index (χ2n) is 7.05. The summed E-state index contributed by atoms with van der Waals surface area (Å²) in [5.41, 5.74) is 1.83. The van der Waals surface area contributed by atoms with Gasteiger partial charge in [0.25, 0.3) is 0 Å². The first-order valence-electron chi connectivity index (χ1n) is 9.36. The van der Waals surface area contributed by atoms with E-state index in [1.54, 1.807) is 0 Å². The van der Waals surface area contributed by atoms with Crippen LogP contribution < -0.4 is 10.1 Å². The van der Waals surface area contributed by atoms with Gasteiger partial charge in [-0.25, -0.2) is 0 Å². The molecule has 0 aromatic heterocycles. The number of hydrogen-bond acceptors (Lipinski definition) is 3. The Balaban J connectivity index is 1.58. The number of hydrogen-bond donors (Lipinski definition) is 2. The van der Waals surface area contributed by atoms with Gasteiger partial charge in [0.1, 0.15) is 5.75 Å². The topological polar surface area (TPSA) is 58.6 Å². The second kappa shape index (κ2) is 8.86. The van der Waals surface area contributed by atoms with Crippen LogP contribution in [0.3, 0.4) is 0 Å². The summed E-state index contributed by atoms with van der Waals surface area (Å²) in [6.45, 7) is 2.50. The van der Waals surface area contributed by atoms with Crippen molar-refractivity contribution in [3.63, 3.8) is 0 Å². The van der Waals surface area contributed by atoms with E-state index < -0.39 is 6.04 Å². The highest BCUT2D eigenvalue weighted by Gasteiger charge is 2.20. The van der Waals surface area contributed by atoms with Crippen molar-refractivity contribution in [3.8, 4) is 5.75 Å². The molecule has 2 aromatic rings. The van der Waals surface area contributed by atoms with E-state index in [4.69, 9.17) is 4.74 Å². The van der Waals surface area contributed by atoms with Crippen molar-refractivity contribution in [2.75, 3.05) is 13.2 Å². The maximum Gasteiger partial charge on any atom is 0.227 e. The van der Waals surface area contributed by atoms with Crippen LogP contribution in [0.25, 0.3) is 0 Å². The van der Waals surface area contributed by atoms with Crippen molar-refractivity contribution in [1.29, 1.82) is 0 Å². The van der Waals surface area contributed by atoms with Crippen LogP contribution in [-0.4, -0.2) is 24.2 Å². The average molecular weight is 353 g/mol. The van der Waals surface area contributed by atoms with E-state index in [1.165, 1.54) is 19.3 Å². The molecule has 1 saturated carbocycles. The third-order valence-electron chi connectivity index (χ3n) is 5.18. The lowest BCUT2D eigenvalue weighted by atomic mass is 9.86. The maximum absolute atomic E-state index is 12.5. The van der Waals surface area contributed by atoms with Gasteiger partial charge in [-0.3, -0.25) is 4.79 Å². The first kappa shape index (κ1) is 18.5. The van der Waals surface area contributed by atoms with Gasteiger partial charge < -0.3 is 15.2 Å². The number of aliphatic hydroxyl groups excluding tert-OH is 1. The van der Waals surface area contributed by atoms with Crippen LogP contribution in [0.15, 0.2) is 54.6 Å². The molecule has 3 rings (SSSR count). The number of carbonyl (C=O) groups excluding carboxylic acids is 1. The number of nitrogens with one attached hydrogen (secondary N) is 1. The largest absolute Gasteiger partial charge is 0.493 e. The lowest BCUT2D eigenvalue weighted by Gasteiger charge is -2.25. The quantitative estimate of drug-likeness (QED) is 0.758. The molecule has 1 aliphatic carbocycles. The minimum Gasteiger partial charge on any atom is -0.493 e. The molecule has 1 fully saturated rings. The predicted octanol–water partition coefficient (Wildman–Crippen LogP) is 3.82. The molecule has 4 heteroatoms. The van der Waals surface area contributed by atoms with E-state index in [1.807, 2.05) is 61.5 Å². The maximum atomic E-state index is 12.5. The molecule has 0 saturated heterocycles. The zero-order valence-corrected chi connectivity index (χ0v) is 15.2. The lowest BCUT2D eigenvalue weighted by molar-refractivity contribution is -0.123. The lowest BCUT2D eigenvalue weighted by Crippen LogP contribution is -2.33. The van der Waals surface area contributed by atoms with Gasteiger partial charge in [0, 0.05) is 0 Å². The number of ether oxygens (including phenoxy) is 1. The molecule has 2 aromatic carbocycles. The Bertz CT molecular complexity index is 695. The summed E-state index contributed by atoms with van der Waals surface area (Å²) in [6, 6.07) is 16.9. The van der Waals surface area contributed by atoms with Crippen molar-refractivity contribution in [1.82, 2.24) is 5.32 Å². The fraction of sp³-hybridized carbons (Fsp3) is 0.409. The SMILES string of the molecule is C[C@H](C(=O)N[C@@H](CO)c1ccc(OCC2CCC2)cc1)c1ccccc1. The standard InChI is InChI=1S/C22H27NO3/c1-16(18-8-3-2-4-9-18)22(25)23-21(14-24)19-10-12-20(13-11-19)26-15-17-6-5-7-17/h2-4,8-13,16-17,21,24H,5-7,14-15H2,1H3,(H,23,25)/t16-,21-/m0/s1. The highest BCUT2D eigenvalue weighted by Crippen LogP contribution is 2.27. The molecule has 2 atom stereocenters. The summed E-state index contributed by atoms with van der Waals surface area (Å²) in [6.07, 6.45) is 3.83. The second-order valence-corrected chi connectivity index (χ2v) is 7.05. The minimum absolute atomic E-state index is 0.0967. The number of benzene rings is 2. The van der Waals surface area contributed by atoms with Crippen LogP contribution >= 0.6 is 0 Å². The van der Waals surface area contributed by atoms with Gasteiger partial charge in [0.15, 0.2) is 0 Å². The van der Waals surface area contributed by atoms with E-state index in [2.05, 4.69) is 5.32 Å². The molecule has 1 amide bonds. The molecule has 0 spiro atoms. The number of aliphatic hydroxyl groups is 1. The zero-order chi connectivity index (χ0) is 18.4. The number of amides is 1. The zero-order valence-electron chi connectivity index (χ0n) is 15.2. The monoisotopic (exact) mass is 353 g/mol. The van der Waals surface area contributed by atoms with Crippen molar-refractivity contribution in [2.24, 2.45) is 5.92 Å². The summed E-state index contributed by atoms with van der Waals surface area (Å²) in [5, 5.41) is 12.7. The van der Waals surface area contributed by atoms with Gasteiger partial charge in [0.05, 0.1) is 25.2 Å². The van der Waals surface area contributed by atoms with E-state index in [0.717, 1.165) is 23.5 Å². The van der Waals surface area contributed by atoms with Crippen molar-refractivity contribution >= 4 is 5.91 Å². The normalized spacial score (nSPS) is 16.4. The van der Waals surface area contributed by atoms with Crippen molar-refractivity contribution in [3.05, 3.63) is 65.7 Å². The first-order chi connectivity index (χ1) is 12.7. The van der Waals surface area contributed by atoms with Gasteiger partial charge in [-0.2, -0.15) is 0 Å². The number of carbonyl (C=O) groups is 1. The Morgan fingerprint density at radius 2 is 1.81 bits per heavy atom. The third-order valence-corrected chi connectivity index (χ3v) is 5.18. The fourth-order valence-corrected chi connectivity index (χ4v) is 3.09. The smallest absolute Gasteiger partial charge is 0.227 e. The first-order valence-corrected chi connectivity index (χ1v) is 9.36. The molecule has 0 radical (unpaired) electrons. The Labute approximate surface area is 155 Å². The Kier molecular flexibility index (Phi) is 6.29. The predicted molar refractivity (Wildman–Crippen MR) is 102 cm³/mol.